The molecular formula is C19H23B4N5O. The number of amides is 1. The molecule has 0 bridgehead atoms. The molecule has 0 aliphatic carbocycles. The number of nitrogens with zero attached hydrogens (tertiary/aromatic N) is 4. The van der Waals surface area contributed by atoms with Crippen LogP contribution in [0.15, 0.2) is 24.3 Å². The van der Waals surface area contributed by atoms with Gasteiger partial charge in [0.2, 0.25) is 5.91 Å². The minimum Gasteiger partial charge on any atom is -0.308 e. The van der Waals surface area contributed by atoms with Gasteiger partial charge in [-0.2, -0.15) is 0 Å². The van der Waals surface area contributed by atoms with Gasteiger partial charge in [0.15, 0.2) is 21.5 Å². The molecule has 1 aliphatic heterocycles. The lowest BCUT2D eigenvalue weighted by Gasteiger charge is -2.16. The molecule has 1 fully saturated rings. The Morgan fingerprint density at radius 1 is 1.00 bits per heavy atom. The van der Waals surface area contributed by atoms with E-state index in [2.05, 4.69) is 48.2 Å². The van der Waals surface area contributed by atoms with E-state index in [1.165, 1.54) is 10.9 Å². The maximum atomic E-state index is 12.3. The molecule has 1 aliphatic rings. The van der Waals surface area contributed by atoms with Crippen molar-refractivity contribution in [2.45, 2.75) is 12.8 Å². The second kappa shape index (κ2) is 8.03. The highest BCUT2D eigenvalue weighted by Crippen LogP contribution is 2.22. The van der Waals surface area contributed by atoms with Crippen LogP contribution in [-0.4, -0.2) is 77.0 Å². The zero-order valence-electron chi connectivity index (χ0n) is 17.5. The molecule has 10 heteroatoms. The summed E-state index contributed by atoms with van der Waals surface area (Å²) in [4.78, 5) is 19.2. The number of aromatic nitrogens is 3. The number of likely N-dealkylation sites (tertiary alicyclic amines) is 1. The molecular weight excluding hydrogens is 357 g/mol. The first-order chi connectivity index (χ1) is 13.9. The molecule has 0 spiro atoms. The molecule has 4 rings (SSSR count). The maximum absolute atomic E-state index is 12.3. The van der Waals surface area contributed by atoms with Crippen molar-refractivity contribution in [3.8, 4) is 11.1 Å². The van der Waals surface area contributed by atoms with Gasteiger partial charge >= 0.3 is 0 Å². The Kier molecular flexibility index (Phi) is 5.46. The molecule has 29 heavy (non-hydrogen) atoms. The van der Waals surface area contributed by atoms with Crippen LogP contribution in [0.4, 0.5) is 5.82 Å². The zero-order valence-corrected chi connectivity index (χ0v) is 17.5. The number of pyridine rings is 1. The van der Waals surface area contributed by atoms with Crippen molar-refractivity contribution in [3.63, 3.8) is 0 Å². The van der Waals surface area contributed by atoms with Crippen LogP contribution in [0, 0.1) is 0 Å². The zero-order chi connectivity index (χ0) is 20.5. The quantitative estimate of drug-likeness (QED) is 0.465. The summed E-state index contributed by atoms with van der Waals surface area (Å²) in [6, 6.07) is 8.04. The van der Waals surface area contributed by atoms with Crippen LogP contribution >= 0.6 is 0 Å². The van der Waals surface area contributed by atoms with E-state index in [1.807, 2.05) is 27.8 Å². The molecule has 2 aromatic heterocycles. The Labute approximate surface area is 174 Å². The van der Waals surface area contributed by atoms with Crippen molar-refractivity contribution < 1.29 is 4.79 Å². The van der Waals surface area contributed by atoms with Gasteiger partial charge in [-0.05, 0) is 60.9 Å². The molecule has 0 radical (unpaired) electrons. The average Bonchev–Trinajstić information content (AvgIpc) is 3.19. The van der Waals surface area contributed by atoms with E-state index in [4.69, 9.17) is 4.98 Å². The molecule has 6 nitrogen and oxygen atoms in total. The third kappa shape index (κ3) is 4.08. The molecule has 0 unspecified atom stereocenters. The summed E-state index contributed by atoms with van der Waals surface area (Å²) in [6.45, 7) is 2.39. The Balaban J connectivity index is 1.64. The lowest BCUT2D eigenvalue weighted by Crippen LogP contribution is -2.47. The molecule has 1 aromatic carbocycles. The first-order valence-electron chi connectivity index (χ1n) is 10.2. The number of carbonyl (C=O) groups is 1. The molecule has 3 heterocycles. The SMILES string of the molecule is Bc1nc(B)c(-c2ccc3nnc(NC(=O)CN4CCCC4)cc3c2)c(B)c1B. The van der Waals surface area contributed by atoms with E-state index >= 15 is 0 Å². The fourth-order valence-corrected chi connectivity index (χ4v) is 4.13. The Morgan fingerprint density at radius 2 is 1.76 bits per heavy atom. The summed E-state index contributed by atoms with van der Waals surface area (Å²) in [6.07, 6.45) is 2.33. The molecule has 1 amide bonds. The van der Waals surface area contributed by atoms with Crippen LogP contribution in [0.5, 0.6) is 0 Å². The number of fused-ring (bicyclic) bond motifs is 1. The van der Waals surface area contributed by atoms with Crippen LogP contribution in [0.25, 0.3) is 22.0 Å². The fourth-order valence-electron chi connectivity index (χ4n) is 4.13. The van der Waals surface area contributed by atoms with Crippen molar-refractivity contribution in [1.82, 2.24) is 20.1 Å². The van der Waals surface area contributed by atoms with Crippen molar-refractivity contribution >= 4 is 76.1 Å². The van der Waals surface area contributed by atoms with Gasteiger partial charge in [0.1, 0.15) is 15.7 Å². The molecule has 1 N–H and O–H groups in total. The van der Waals surface area contributed by atoms with Gasteiger partial charge in [0.25, 0.3) is 0 Å². The van der Waals surface area contributed by atoms with Crippen molar-refractivity contribution in [2.75, 3.05) is 25.0 Å². The highest BCUT2D eigenvalue weighted by atomic mass is 16.2. The van der Waals surface area contributed by atoms with Gasteiger partial charge in [0.05, 0.1) is 12.1 Å². The predicted octanol–water partition coefficient (Wildman–Crippen LogP) is -4.24. The summed E-state index contributed by atoms with van der Waals surface area (Å²) in [5, 5.41) is 12.3. The van der Waals surface area contributed by atoms with Gasteiger partial charge in [-0.25, -0.2) is 0 Å². The van der Waals surface area contributed by atoms with Crippen molar-refractivity contribution in [2.24, 2.45) is 0 Å². The van der Waals surface area contributed by atoms with Gasteiger partial charge in [-0.1, -0.05) is 17.0 Å². The molecule has 0 saturated carbocycles. The summed E-state index contributed by atoms with van der Waals surface area (Å²) < 4.78 is 0. The normalized spacial score (nSPS) is 14.3. The number of carbonyl (C=O) groups excluding carboxylic acids is 1. The summed E-state index contributed by atoms with van der Waals surface area (Å²) in [5.74, 6) is 0.451. The Hall–Kier alpha value is -2.60. The first-order valence-corrected chi connectivity index (χ1v) is 10.2. The van der Waals surface area contributed by atoms with Crippen LogP contribution in [0.3, 0.4) is 0 Å². The molecule has 3 aromatic rings. The minimum atomic E-state index is -0.0400. The molecule has 142 valence electrons. The smallest absolute Gasteiger partial charge is 0.239 e. The van der Waals surface area contributed by atoms with E-state index in [1.54, 1.807) is 0 Å². The topological polar surface area (TPSA) is 71.0 Å². The second-order valence-corrected chi connectivity index (χ2v) is 7.94. The van der Waals surface area contributed by atoms with E-state index in [0.29, 0.717) is 12.4 Å². The lowest BCUT2D eigenvalue weighted by molar-refractivity contribution is -0.117. The molecule has 1 saturated heterocycles. The van der Waals surface area contributed by atoms with Crippen LogP contribution < -0.4 is 27.4 Å². The monoisotopic (exact) mass is 381 g/mol. The summed E-state index contributed by atoms with van der Waals surface area (Å²) in [7, 11) is 8.35. The predicted molar refractivity (Wildman–Crippen MR) is 130 cm³/mol. The van der Waals surface area contributed by atoms with E-state index in [9.17, 15) is 4.79 Å². The van der Waals surface area contributed by atoms with Gasteiger partial charge in [-0.15, -0.1) is 10.2 Å². The highest BCUT2D eigenvalue weighted by Gasteiger charge is 2.16. The number of hydrogen-bond acceptors (Lipinski definition) is 5. The van der Waals surface area contributed by atoms with E-state index in [-0.39, 0.29) is 5.91 Å². The molecule has 0 atom stereocenters. The first kappa shape index (κ1) is 19.7. The average molecular weight is 381 g/mol. The van der Waals surface area contributed by atoms with Gasteiger partial charge in [0, 0.05) is 11.0 Å². The van der Waals surface area contributed by atoms with Gasteiger partial charge in [-0.3, -0.25) is 14.7 Å². The third-order valence-corrected chi connectivity index (χ3v) is 5.88. The number of benzene rings is 1. The highest BCUT2D eigenvalue weighted by molar-refractivity contribution is 6.59. The summed E-state index contributed by atoms with van der Waals surface area (Å²) in [5.41, 5.74) is 7.61. The number of anilines is 1. The number of rotatable bonds is 4. The fraction of sp³-hybridized carbons (Fsp3) is 0.263. The van der Waals surface area contributed by atoms with Crippen molar-refractivity contribution in [3.05, 3.63) is 24.3 Å². The third-order valence-electron chi connectivity index (χ3n) is 5.88. The number of nitrogens with one attached hydrogen (secondary N) is 1. The van der Waals surface area contributed by atoms with Crippen LogP contribution in [0.1, 0.15) is 12.8 Å². The van der Waals surface area contributed by atoms with E-state index < -0.39 is 0 Å². The Bertz CT molecular complexity index is 1100. The minimum absolute atomic E-state index is 0.0400. The van der Waals surface area contributed by atoms with Crippen LogP contribution in [-0.2, 0) is 4.79 Å². The largest absolute Gasteiger partial charge is 0.308 e. The number of hydrogen-bond donors (Lipinski definition) is 1. The second-order valence-electron chi connectivity index (χ2n) is 7.94. The Morgan fingerprint density at radius 3 is 2.52 bits per heavy atom. The van der Waals surface area contributed by atoms with Crippen LogP contribution in [0.2, 0.25) is 0 Å². The maximum Gasteiger partial charge on any atom is 0.239 e. The van der Waals surface area contributed by atoms with E-state index in [0.717, 1.165) is 59.1 Å². The standard InChI is InChI=1S/C19H23B4N5O/c20-16-15(18(22)25-19(23)17(16)21)10-3-4-12-11(7-10)8-13(27-26-12)24-14(29)9-28-5-1-2-6-28/h3-4,7-8H,1-2,5-6,9,20-23H2,(H,24,27,29). The van der Waals surface area contributed by atoms with Crippen molar-refractivity contribution in [1.29, 1.82) is 0 Å². The van der Waals surface area contributed by atoms with Gasteiger partial charge < -0.3 is 5.32 Å². The lowest BCUT2D eigenvalue weighted by atomic mass is 9.70. The summed E-state index contributed by atoms with van der Waals surface area (Å²) >= 11 is 0.